The number of rotatable bonds is 2. The molecule has 0 spiro atoms. The molecule has 0 atom stereocenters. The Bertz CT molecular complexity index is 980. The number of hydrogen-bond acceptors (Lipinski definition) is 5. The fourth-order valence-corrected chi connectivity index (χ4v) is 4.59. The van der Waals surface area contributed by atoms with E-state index in [0.29, 0.717) is 19.0 Å². The van der Waals surface area contributed by atoms with Gasteiger partial charge in [-0.2, -0.15) is 5.10 Å². The maximum Gasteiger partial charge on any atom is 0.410 e. The summed E-state index contributed by atoms with van der Waals surface area (Å²) < 4.78 is 7.51. The summed E-state index contributed by atoms with van der Waals surface area (Å²) in [5, 5.41) is 6.88. The fourth-order valence-electron chi connectivity index (χ4n) is 3.77. The van der Waals surface area contributed by atoms with Crippen LogP contribution in [0.3, 0.4) is 0 Å². The van der Waals surface area contributed by atoms with Crippen LogP contribution in [0.15, 0.2) is 29.8 Å². The molecule has 6 nitrogen and oxygen atoms in total. The molecule has 0 radical (unpaired) electrons. The maximum absolute atomic E-state index is 12.3. The van der Waals surface area contributed by atoms with E-state index in [-0.39, 0.29) is 6.09 Å². The molecular weight excluding hydrogens is 372 g/mol. The van der Waals surface area contributed by atoms with Gasteiger partial charge in [-0.15, -0.1) is 11.3 Å². The second-order valence-corrected chi connectivity index (χ2v) is 9.23. The Morgan fingerprint density at radius 3 is 2.64 bits per heavy atom. The smallest absolute Gasteiger partial charge is 0.410 e. The summed E-state index contributed by atoms with van der Waals surface area (Å²) in [5.41, 5.74) is 3.72. The summed E-state index contributed by atoms with van der Waals surface area (Å²) in [6.07, 6.45) is 3.45. The van der Waals surface area contributed by atoms with Crippen LogP contribution in [-0.2, 0) is 4.74 Å². The zero-order valence-electron chi connectivity index (χ0n) is 16.8. The third-order valence-electron chi connectivity index (χ3n) is 5.06. The average Bonchev–Trinajstić information content (AvgIpc) is 3.26. The van der Waals surface area contributed by atoms with Gasteiger partial charge in [-0.25, -0.2) is 14.3 Å². The predicted molar refractivity (Wildman–Crippen MR) is 111 cm³/mol. The minimum atomic E-state index is -0.462. The van der Waals surface area contributed by atoms with E-state index in [2.05, 4.69) is 28.6 Å². The van der Waals surface area contributed by atoms with Gasteiger partial charge in [-0.05, 0) is 58.0 Å². The van der Waals surface area contributed by atoms with Crippen LogP contribution in [0.5, 0.6) is 0 Å². The summed E-state index contributed by atoms with van der Waals surface area (Å²) in [6, 6.07) is 6.23. The Hall–Kier alpha value is -2.41. The SMILES string of the molecule is Cc1nn2c(C3CCN(C(=O)OC(C)(C)C)CC3)ccnc2c1-c1cccs1. The van der Waals surface area contributed by atoms with Crippen molar-refractivity contribution >= 4 is 23.1 Å². The topological polar surface area (TPSA) is 59.7 Å². The van der Waals surface area contributed by atoms with Gasteiger partial charge in [0.1, 0.15) is 5.60 Å². The number of aryl methyl sites for hydroxylation is 1. The van der Waals surface area contributed by atoms with Crippen LogP contribution in [-0.4, -0.2) is 44.3 Å². The molecule has 1 aliphatic heterocycles. The number of fused-ring (bicyclic) bond motifs is 1. The molecule has 4 rings (SSSR count). The number of carbonyl (C=O) groups excluding carboxylic acids is 1. The highest BCUT2D eigenvalue weighted by Crippen LogP contribution is 2.34. The minimum absolute atomic E-state index is 0.222. The molecule has 1 aliphatic rings. The second-order valence-electron chi connectivity index (χ2n) is 8.28. The first kappa shape index (κ1) is 18.9. The predicted octanol–water partition coefficient (Wildman–Crippen LogP) is 4.88. The molecule has 28 heavy (non-hydrogen) atoms. The molecule has 0 N–H and O–H groups in total. The first-order chi connectivity index (χ1) is 13.3. The Kier molecular flexibility index (Phi) is 4.87. The second kappa shape index (κ2) is 7.20. The average molecular weight is 399 g/mol. The largest absolute Gasteiger partial charge is 0.444 e. The Morgan fingerprint density at radius 1 is 1.25 bits per heavy atom. The normalized spacial score (nSPS) is 15.9. The highest BCUT2D eigenvalue weighted by atomic mass is 32.1. The van der Waals surface area contributed by atoms with Crippen molar-refractivity contribution in [3.05, 3.63) is 41.2 Å². The number of hydrogen-bond donors (Lipinski definition) is 0. The summed E-state index contributed by atoms with van der Waals surface area (Å²) in [5.74, 6) is 0.347. The molecule has 148 valence electrons. The van der Waals surface area contributed by atoms with Gasteiger partial charge in [-0.3, -0.25) is 0 Å². The molecule has 1 fully saturated rings. The lowest BCUT2D eigenvalue weighted by molar-refractivity contribution is 0.0203. The zero-order chi connectivity index (χ0) is 19.9. The van der Waals surface area contributed by atoms with Crippen molar-refractivity contribution in [2.45, 2.75) is 52.1 Å². The van der Waals surface area contributed by atoms with E-state index in [0.717, 1.165) is 29.7 Å². The molecule has 0 saturated carbocycles. The van der Waals surface area contributed by atoms with Crippen LogP contribution in [0.1, 0.15) is 50.9 Å². The van der Waals surface area contributed by atoms with Crippen molar-refractivity contribution in [1.29, 1.82) is 0 Å². The molecule has 1 amide bonds. The fraction of sp³-hybridized carbons (Fsp3) is 0.476. The number of ether oxygens (including phenoxy) is 1. The Morgan fingerprint density at radius 2 is 2.00 bits per heavy atom. The summed E-state index contributed by atoms with van der Waals surface area (Å²) >= 11 is 1.71. The van der Waals surface area contributed by atoms with Gasteiger partial charge in [-0.1, -0.05) is 6.07 Å². The van der Waals surface area contributed by atoms with Crippen molar-refractivity contribution in [2.24, 2.45) is 0 Å². The van der Waals surface area contributed by atoms with Gasteiger partial charge < -0.3 is 9.64 Å². The van der Waals surface area contributed by atoms with E-state index < -0.39 is 5.60 Å². The molecule has 0 aromatic carbocycles. The van der Waals surface area contributed by atoms with Crippen LogP contribution in [0.25, 0.3) is 16.1 Å². The van der Waals surface area contributed by atoms with Crippen LogP contribution in [0, 0.1) is 6.92 Å². The summed E-state index contributed by atoms with van der Waals surface area (Å²) in [6.45, 7) is 9.13. The lowest BCUT2D eigenvalue weighted by Gasteiger charge is -2.33. The van der Waals surface area contributed by atoms with Crippen molar-refractivity contribution in [2.75, 3.05) is 13.1 Å². The maximum atomic E-state index is 12.3. The van der Waals surface area contributed by atoms with Crippen molar-refractivity contribution in [1.82, 2.24) is 19.5 Å². The molecular formula is C21H26N4O2S. The highest BCUT2D eigenvalue weighted by Gasteiger charge is 2.29. The van der Waals surface area contributed by atoms with Gasteiger partial charge in [0, 0.05) is 35.8 Å². The lowest BCUT2D eigenvalue weighted by atomic mass is 9.93. The van der Waals surface area contributed by atoms with Crippen molar-refractivity contribution in [3.8, 4) is 10.4 Å². The van der Waals surface area contributed by atoms with E-state index in [9.17, 15) is 4.79 Å². The standard InChI is InChI=1S/C21H26N4O2S/c1-14-18(17-6-5-13-28-17)19-22-10-7-16(25(19)23-14)15-8-11-24(12-9-15)20(26)27-21(2,3)4/h5-7,10,13,15H,8-9,11-12H2,1-4H3. The summed E-state index contributed by atoms with van der Waals surface area (Å²) in [4.78, 5) is 19.9. The molecule has 7 heteroatoms. The quantitative estimate of drug-likeness (QED) is 0.617. The third kappa shape index (κ3) is 3.63. The Labute approximate surface area is 169 Å². The number of nitrogens with zero attached hydrogens (tertiary/aromatic N) is 4. The first-order valence-corrected chi connectivity index (χ1v) is 10.6. The zero-order valence-corrected chi connectivity index (χ0v) is 17.6. The molecule has 0 unspecified atom stereocenters. The molecule has 1 saturated heterocycles. The van der Waals surface area contributed by atoms with Crippen LogP contribution in [0.4, 0.5) is 4.79 Å². The molecule has 3 aromatic rings. The van der Waals surface area contributed by atoms with E-state index in [1.807, 2.05) is 43.3 Å². The summed E-state index contributed by atoms with van der Waals surface area (Å²) in [7, 11) is 0. The molecule has 0 aliphatic carbocycles. The van der Waals surface area contributed by atoms with Crippen molar-refractivity contribution < 1.29 is 9.53 Å². The first-order valence-electron chi connectivity index (χ1n) is 9.69. The molecule has 4 heterocycles. The van der Waals surface area contributed by atoms with Crippen LogP contribution in [0.2, 0.25) is 0 Å². The van der Waals surface area contributed by atoms with Gasteiger partial charge >= 0.3 is 6.09 Å². The number of amides is 1. The van der Waals surface area contributed by atoms with Gasteiger partial charge in [0.15, 0.2) is 5.65 Å². The van der Waals surface area contributed by atoms with Gasteiger partial charge in [0.2, 0.25) is 0 Å². The number of carbonyl (C=O) groups is 1. The van der Waals surface area contributed by atoms with E-state index in [4.69, 9.17) is 9.84 Å². The third-order valence-corrected chi connectivity index (χ3v) is 5.94. The lowest BCUT2D eigenvalue weighted by Crippen LogP contribution is -2.41. The van der Waals surface area contributed by atoms with E-state index >= 15 is 0 Å². The van der Waals surface area contributed by atoms with E-state index in [1.165, 1.54) is 10.6 Å². The molecule has 3 aromatic heterocycles. The van der Waals surface area contributed by atoms with Crippen molar-refractivity contribution in [3.63, 3.8) is 0 Å². The van der Waals surface area contributed by atoms with Crippen LogP contribution >= 0.6 is 11.3 Å². The molecule has 0 bridgehead atoms. The monoisotopic (exact) mass is 398 g/mol. The van der Waals surface area contributed by atoms with E-state index in [1.54, 1.807) is 11.3 Å². The number of piperidine rings is 1. The number of likely N-dealkylation sites (tertiary alicyclic amines) is 1. The number of aromatic nitrogens is 3. The van der Waals surface area contributed by atoms with Crippen LogP contribution < -0.4 is 0 Å². The minimum Gasteiger partial charge on any atom is -0.444 e. The number of thiophene rings is 1. The van der Waals surface area contributed by atoms with Gasteiger partial charge in [0.25, 0.3) is 0 Å². The highest BCUT2D eigenvalue weighted by molar-refractivity contribution is 7.13. The van der Waals surface area contributed by atoms with Gasteiger partial charge in [0.05, 0.1) is 11.3 Å². The Balaban J connectivity index is 1.56.